The number of anilines is 1. The van der Waals surface area contributed by atoms with Crippen molar-refractivity contribution in [2.45, 2.75) is 84.4 Å². The first kappa shape index (κ1) is 27.2. The van der Waals surface area contributed by atoms with Gasteiger partial charge in [-0.2, -0.15) is 0 Å². The van der Waals surface area contributed by atoms with Gasteiger partial charge in [-0.3, -0.25) is 24.1 Å². The topological polar surface area (TPSA) is 111 Å². The highest BCUT2D eigenvalue weighted by atomic mass is 19.1. The molecule has 0 unspecified atom stereocenters. The van der Waals surface area contributed by atoms with Crippen LogP contribution in [0.5, 0.6) is 0 Å². The van der Waals surface area contributed by atoms with Gasteiger partial charge >= 0.3 is 5.97 Å². The Labute approximate surface area is 243 Å². The number of esters is 1. The normalized spacial score (nSPS) is 33.5. The third-order valence-electron chi connectivity index (χ3n) is 11.2. The molecule has 2 heterocycles. The Morgan fingerprint density at radius 2 is 1.88 bits per heavy atom. The number of carbonyl (C=O) groups excluding carboxylic acids is 4. The van der Waals surface area contributed by atoms with Crippen LogP contribution < -0.4 is 4.90 Å². The molecule has 0 bridgehead atoms. The molecule has 5 aliphatic rings. The number of ketones is 2. The van der Waals surface area contributed by atoms with Gasteiger partial charge in [-0.05, 0) is 79.9 Å². The number of Topliss-reactive ketones (excluding diaryl/α,β-unsaturated/α-hetero) is 2. The summed E-state index contributed by atoms with van der Waals surface area (Å²) >= 11 is 0. The zero-order chi connectivity index (χ0) is 29.4. The van der Waals surface area contributed by atoms with Gasteiger partial charge in [-0.1, -0.05) is 30.7 Å². The minimum absolute atomic E-state index is 0.0239. The van der Waals surface area contributed by atoms with Crippen LogP contribution in [0, 0.1) is 34.4 Å². The summed E-state index contributed by atoms with van der Waals surface area (Å²) in [5.74, 6) is -0.411. The molecule has 1 aromatic carbocycles. The highest BCUT2D eigenvalue weighted by molar-refractivity contribution is 6.52. The summed E-state index contributed by atoms with van der Waals surface area (Å²) in [4.78, 5) is 51.5. The minimum atomic E-state index is -0.761. The molecule has 1 aromatic heterocycles. The number of halogens is 1. The van der Waals surface area contributed by atoms with Gasteiger partial charge in [0.25, 0.3) is 11.7 Å². The molecule has 1 amide bonds. The molecule has 0 radical (unpaired) electrons. The van der Waals surface area contributed by atoms with Crippen molar-refractivity contribution < 1.29 is 28.3 Å². The summed E-state index contributed by atoms with van der Waals surface area (Å²) in [5, 5.41) is 8.07. The molecule has 3 fully saturated rings. The Kier molecular flexibility index (Phi) is 6.26. The van der Waals surface area contributed by atoms with Gasteiger partial charge in [-0.15, -0.1) is 5.10 Å². The number of fused-ring (bicyclic) bond motifs is 6. The fourth-order valence-electron chi connectivity index (χ4n) is 8.93. The average Bonchev–Trinajstić information content (AvgIpc) is 3.60. The van der Waals surface area contributed by atoms with Crippen LogP contribution in [0.2, 0.25) is 0 Å². The SMILES string of the molecule is C[C@]12CC[C@H](OC(=O)Cn3cc(CN4C(=O)C(=O)c5cc(F)ccc54)nn3)CC1=CC[C@@H]1[C@@H]2CC[C@]2(C)C(=O)CC[C@@H]12. The summed E-state index contributed by atoms with van der Waals surface area (Å²) in [5.41, 5.74) is 2.10. The maximum absolute atomic E-state index is 13.6. The first-order valence-electron chi connectivity index (χ1n) is 15.0. The molecule has 1 aliphatic heterocycles. The van der Waals surface area contributed by atoms with E-state index in [-0.39, 0.29) is 35.6 Å². The monoisotopic (exact) mass is 574 g/mol. The van der Waals surface area contributed by atoms with Crippen LogP contribution in [0.1, 0.15) is 81.3 Å². The summed E-state index contributed by atoms with van der Waals surface area (Å²) in [6.07, 6.45) is 11.1. The number of ether oxygens (including phenoxy) is 1. The van der Waals surface area contributed by atoms with Crippen LogP contribution >= 0.6 is 0 Å². The zero-order valence-corrected chi connectivity index (χ0v) is 24.0. The predicted octanol–water partition coefficient (Wildman–Crippen LogP) is 4.59. The molecular weight excluding hydrogens is 539 g/mol. The van der Waals surface area contributed by atoms with E-state index in [4.69, 9.17) is 4.74 Å². The van der Waals surface area contributed by atoms with Crippen molar-refractivity contribution >= 4 is 29.1 Å². The van der Waals surface area contributed by atoms with Crippen molar-refractivity contribution in [2.75, 3.05) is 4.90 Å². The van der Waals surface area contributed by atoms with Gasteiger partial charge in [0.05, 0.1) is 24.0 Å². The maximum Gasteiger partial charge on any atom is 0.328 e. The Morgan fingerprint density at radius 3 is 2.71 bits per heavy atom. The molecule has 6 atom stereocenters. The van der Waals surface area contributed by atoms with E-state index in [9.17, 15) is 23.6 Å². The standard InChI is InChI=1S/C32H35FN4O5/c1-31-11-9-21(13-18(31)3-5-22-24-6-8-27(38)32(24,2)12-10-25(22)31)42-28(39)17-36-15-20(34-35-36)16-37-26-7-4-19(33)14-23(26)29(40)30(37)41/h3-4,7,14-15,21-22,24-25H,5-6,8-13,16-17H2,1-2H3/t21-,22-,24-,25-,31-,32-/m0/s1. The predicted molar refractivity (Wildman–Crippen MR) is 149 cm³/mol. The van der Waals surface area contributed by atoms with E-state index in [2.05, 4.69) is 30.2 Å². The number of benzene rings is 1. The molecule has 42 heavy (non-hydrogen) atoms. The largest absolute Gasteiger partial charge is 0.461 e. The lowest BCUT2D eigenvalue weighted by Gasteiger charge is -2.56. The van der Waals surface area contributed by atoms with Crippen LogP contribution in [-0.4, -0.2) is 44.5 Å². The third kappa shape index (κ3) is 4.16. The number of amides is 1. The van der Waals surface area contributed by atoms with Gasteiger partial charge in [-0.25, -0.2) is 9.07 Å². The van der Waals surface area contributed by atoms with Gasteiger partial charge in [0.15, 0.2) is 0 Å². The van der Waals surface area contributed by atoms with Gasteiger partial charge in [0.2, 0.25) is 0 Å². The second kappa shape index (κ2) is 9.67. The first-order valence-corrected chi connectivity index (χ1v) is 15.0. The number of nitrogens with zero attached hydrogens (tertiary/aromatic N) is 4. The Bertz CT molecular complexity index is 1550. The van der Waals surface area contributed by atoms with E-state index in [0.717, 1.165) is 57.4 Å². The van der Waals surface area contributed by atoms with Gasteiger partial charge in [0, 0.05) is 18.3 Å². The van der Waals surface area contributed by atoms with Crippen LogP contribution in [0.25, 0.3) is 0 Å². The molecule has 220 valence electrons. The number of hydrogen-bond acceptors (Lipinski definition) is 7. The van der Waals surface area contributed by atoms with E-state index < -0.39 is 23.5 Å². The lowest BCUT2D eigenvalue weighted by Crippen LogP contribution is -2.50. The zero-order valence-electron chi connectivity index (χ0n) is 24.0. The van der Waals surface area contributed by atoms with Crippen molar-refractivity contribution in [1.29, 1.82) is 0 Å². The van der Waals surface area contributed by atoms with E-state index in [0.29, 0.717) is 34.9 Å². The number of allylic oxidation sites excluding steroid dienone is 1. The molecule has 3 saturated carbocycles. The third-order valence-corrected chi connectivity index (χ3v) is 11.2. The van der Waals surface area contributed by atoms with E-state index >= 15 is 0 Å². The van der Waals surface area contributed by atoms with Crippen molar-refractivity contribution in [3.05, 3.63) is 53.1 Å². The summed E-state index contributed by atoms with van der Waals surface area (Å²) in [7, 11) is 0. The van der Waals surface area contributed by atoms with Crippen LogP contribution in [0.15, 0.2) is 36.0 Å². The van der Waals surface area contributed by atoms with Crippen LogP contribution in [-0.2, 0) is 32.2 Å². The van der Waals surface area contributed by atoms with Crippen LogP contribution in [0.4, 0.5) is 10.1 Å². The van der Waals surface area contributed by atoms with E-state index in [1.807, 2.05) is 0 Å². The first-order chi connectivity index (χ1) is 20.1. The minimum Gasteiger partial charge on any atom is -0.461 e. The van der Waals surface area contributed by atoms with Gasteiger partial charge in [0.1, 0.15) is 29.9 Å². The number of carbonyl (C=O) groups is 4. The Morgan fingerprint density at radius 1 is 1.10 bits per heavy atom. The molecule has 9 nitrogen and oxygen atoms in total. The Hall–Kier alpha value is -3.69. The fraction of sp³-hybridized carbons (Fsp3) is 0.562. The van der Waals surface area contributed by atoms with Crippen molar-refractivity contribution in [3.63, 3.8) is 0 Å². The van der Waals surface area contributed by atoms with E-state index in [1.165, 1.54) is 27.3 Å². The summed E-state index contributed by atoms with van der Waals surface area (Å²) in [6, 6.07) is 3.65. The second-order valence-electron chi connectivity index (χ2n) is 13.3. The summed E-state index contributed by atoms with van der Waals surface area (Å²) in [6.45, 7) is 4.45. The number of rotatable bonds is 5. The second-order valence-corrected chi connectivity index (χ2v) is 13.3. The maximum atomic E-state index is 13.6. The average molecular weight is 575 g/mol. The summed E-state index contributed by atoms with van der Waals surface area (Å²) < 4.78 is 20.8. The van der Waals surface area contributed by atoms with Crippen molar-refractivity contribution in [1.82, 2.24) is 15.0 Å². The lowest BCUT2D eigenvalue weighted by molar-refractivity contribution is -0.152. The highest BCUT2D eigenvalue weighted by Crippen LogP contribution is 2.64. The van der Waals surface area contributed by atoms with E-state index in [1.54, 1.807) is 6.20 Å². The van der Waals surface area contributed by atoms with Crippen LogP contribution in [0.3, 0.4) is 0 Å². The molecule has 7 rings (SSSR count). The molecular formula is C32H35FN4O5. The molecule has 0 N–H and O–H groups in total. The van der Waals surface area contributed by atoms with Gasteiger partial charge < -0.3 is 4.74 Å². The van der Waals surface area contributed by atoms with Crippen molar-refractivity contribution in [2.24, 2.45) is 28.6 Å². The lowest BCUT2D eigenvalue weighted by atomic mass is 9.48. The molecule has 2 aromatic rings. The highest BCUT2D eigenvalue weighted by Gasteiger charge is 2.58. The molecule has 0 spiro atoms. The fourth-order valence-corrected chi connectivity index (χ4v) is 8.93. The smallest absolute Gasteiger partial charge is 0.328 e. The molecule has 0 saturated heterocycles. The molecule has 10 heteroatoms. The van der Waals surface area contributed by atoms with Crippen molar-refractivity contribution in [3.8, 4) is 0 Å². The number of hydrogen-bond donors (Lipinski definition) is 0. The Balaban J connectivity index is 0.971. The number of aromatic nitrogens is 3. The quantitative estimate of drug-likeness (QED) is 0.292. The molecule has 4 aliphatic carbocycles.